The molecule has 16 heavy (non-hydrogen) atoms. The van der Waals surface area contributed by atoms with Crippen molar-refractivity contribution in [3.05, 3.63) is 24.2 Å². The fourth-order valence-corrected chi connectivity index (χ4v) is 2.42. The van der Waals surface area contributed by atoms with Gasteiger partial charge in [-0.05, 0) is 44.2 Å². The molecule has 0 amide bonds. The number of rotatable bonds is 4. The molecule has 1 unspecified atom stereocenters. The molecule has 1 aliphatic carbocycles. The number of hydrogen-bond donors (Lipinski definition) is 2. The van der Waals surface area contributed by atoms with E-state index < -0.39 is 0 Å². The van der Waals surface area contributed by atoms with Crippen molar-refractivity contribution < 1.29 is 9.52 Å². The van der Waals surface area contributed by atoms with E-state index in [1.165, 1.54) is 0 Å². The van der Waals surface area contributed by atoms with Gasteiger partial charge in [-0.1, -0.05) is 6.92 Å². The second kappa shape index (κ2) is 5.51. The van der Waals surface area contributed by atoms with Crippen LogP contribution in [0, 0.1) is 0 Å². The molecule has 2 rings (SSSR count). The van der Waals surface area contributed by atoms with Crippen LogP contribution in [0.5, 0.6) is 0 Å². The molecule has 2 N–H and O–H groups in total. The first-order valence-corrected chi connectivity index (χ1v) is 6.27. The van der Waals surface area contributed by atoms with E-state index in [-0.39, 0.29) is 6.10 Å². The van der Waals surface area contributed by atoms with E-state index in [1.807, 2.05) is 12.1 Å². The Morgan fingerprint density at radius 1 is 1.44 bits per heavy atom. The molecule has 0 spiro atoms. The zero-order valence-corrected chi connectivity index (χ0v) is 9.86. The summed E-state index contributed by atoms with van der Waals surface area (Å²) >= 11 is 0. The molecular weight excluding hydrogens is 202 g/mol. The highest BCUT2D eigenvalue weighted by Crippen LogP contribution is 2.23. The van der Waals surface area contributed by atoms with Crippen molar-refractivity contribution in [3.8, 4) is 0 Å². The fraction of sp³-hybridized carbons (Fsp3) is 0.692. The molecule has 0 bridgehead atoms. The molecule has 0 aromatic carbocycles. The lowest BCUT2D eigenvalue weighted by Gasteiger charge is -2.29. The molecule has 90 valence electrons. The van der Waals surface area contributed by atoms with E-state index in [1.54, 1.807) is 6.26 Å². The molecular formula is C13H21NO2. The van der Waals surface area contributed by atoms with Gasteiger partial charge in [0.15, 0.2) is 0 Å². The van der Waals surface area contributed by atoms with E-state index in [0.29, 0.717) is 12.1 Å². The SMILES string of the molecule is CCC(NC1CCC(O)CC1)c1ccco1. The van der Waals surface area contributed by atoms with Crippen LogP contribution in [0.25, 0.3) is 0 Å². The van der Waals surface area contributed by atoms with Crippen LogP contribution in [-0.2, 0) is 0 Å². The van der Waals surface area contributed by atoms with Crippen molar-refractivity contribution in [2.75, 3.05) is 0 Å². The summed E-state index contributed by atoms with van der Waals surface area (Å²) in [7, 11) is 0. The van der Waals surface area contributed by atoms with Crippen molar-refractivity contribution in [3.63, 3.8) is 0 Å². The predicted molar refractivity (Wildman–Crippen MR) is 63.1 cm³/mol. The third-order valence-electron chi connectivity index (χ3n) is 3.43. The van der Waals surface area contributed by atoms with Crippen LogP contribution in [0.15, 0.2) is 22.8 Å². The number of nitrogens with one attached hydrogen (secondary N) is 1. The maximum absolute atomic E-state index is 9.46. The first-order chi connectivity index (χ1) is 7.79. The predicted octanol–water partition coefficient (Wildman–Crippen LogP) is 2.62. The number of aliphatic hydroxyl groups excluding tert-OH is 1. The summed E-state index contributed by atoms with van der Waals surface area (Å²) in [4.78, 5) is 0. The normalized spacial score (nSPS) is 27.9. The summed E-state index contributed by atoms with van der Waals surface area (Å²) in [5.41, 5.74) is 0. The third kappa shape index (κ3) is 2.86. The summed E-state index contributed by atoms with van der Waals surface area (Å²) in [6.07, 6.45) is 6.66. The molecule has 1 aromatic heterocycles. The van der Waals surface area contributed by atoms with Gasteiger partial charge in [0.05, 0.1) is 18.4 Å². The molecule has 0 aliphatic heterocycles. The van der Waals surface area contributed by atoms with E-state index >= 15 is 0 Å². The average Bonchev–Trinajstić information content (AvgIpc) is 2.82. The summed E-state index contributed by atoms with van der Waals surface area (Å²) in [5, 5.41) is 13.1. The third-order valence-corrected chi connectivity index (χ3v) is 3.43. The molecule has 1 fully saturated rings. The molecule has 1 heterocycles. The lowest BCUT2D eigenvalue weighted by molar-refractivity contribution is 0.113. The number of hydrogen-bond acceptors (Lipinski definition) is 3. The van der Waals surface area contributed by atoms with Gasteiger partial charge in [-0.3, -0.25) is 0 Å². The van der Waals surface area contributed by atoms with E-state index in [0.717, 1.165) is 37.9 Å². The molecule has 1 saturated carbocycles. The van der Waals surface area contributed by atoms with Crippen LogP contribution < -0.4 is 5.32 Å². The minimum atomic E-state index is -0.0817. The quantitative estimate of drug-likeness (QED) is 0.824. The van der Waals surface area contributed by atoms with Gasteiger partial charge in [0, 0.05) is 6.04 Å². The Balaban J connectivity index is 1.87. The van der Waals surface area contributed by atoms with Gasteiger partial charge in [0.2, 0.25) is 0 Å². The van der Waals surface area contributed by atoms with Gasteiger partial charge < -0.3 is 14.8 Å². The van der Waals surface area contributed by atoms with Gasteiger partial charge in [0.25, 0.3) is 0 Å². The molecule has 0 saturated heterocycles. The van der Waals surface area contributed by atoms with Crippen LogP contribution in [0.4, 0.5) is 0 Å². The minimum Gasteiger partial charge on any atom is -0.468 e. The summed E-state index contributed by atoms with van der Waals surface area (Å²) in [5.74, 6) is 1.02. The average molecular weight is 223 g/mol. The second-order valence-corrected chi connectivity index (χ2v) is 4.65. The largest absolute Gasteiger partial charge is 0.468 e. The fourth-order valence-electron chi connectivity index (χ4n) is 2.42. The molecule has 1 aromatic rings. The Morgan fingerprint density at radius 2 is 2.19 bits per heavy atom. The number of furan rings is 1. The van der Waals surface area contributed by atoms with Crippen LogP contribution >= 0.6 is 0 Å². The Kier molecular flexibility index (Phi) is 4.02. The van der Waals surface area contributed by atoms with Gasteiger partial charge in [0.1, 0.15) is 5.76 Å². The zero-order chi connectivity index (χ0) is 11.4. The van der Waals surface area contributed by atoms with Gasteiger partial charge in [-0.2, -0.15) is 0 Å². The van der Waals surface area contributed by atoms with Crippen molar-refractivity contribution >= 4 is 0 Å². The Bertz CT molecular complexity index is 289. The first kappa shape index (κ1) is 11.7. The number of aliphatic hydroxyl groups is 1. The van der Waals surface area contributed by atoms with E-state index in [4.69, 9.17) is 4.42 Å². The van der Waals surface area contributed by atoms with Gasteiger partial charge >= 0.3 is 0 Å². The Labute approximate surface area is 96.8 Å². The van der Waals surface area contributed by atoms with Crippen LogP contribution in [0.2, 0.25) is 0 Å². The standard InChI is InChI=1S/C13H21NO2/c1-2-12(13-4-3-9-16-13)14-10-5-7-11(15)8-6-10/h3-4,9-12,14-15H,2,5-8H2,1H3. The highest BCUT2D eigenvalue weighted by atomic mass is 16.3. The topological polar surface area (TPSA) is 45.4 Å². The molecule has 0 radical (unpaired) electrons. The van der Waals surface area contributed by atoms with Crippen molar-refractivity contribution in [2.24, 2.45) is 0 Å². The van der Waals surface area contributed by atoms with Crippen LogP contribution in [-0.4, -0.2) is 17.3 Å². The first-order valence-electron chi connectivity index (χ1n) is 6.27. The van der Waals surface area contributed by atoms with Crippen LogP contribution in [0.1, 0.15) is 50.8 Å². The highest BCUT2D eigenvalue weighted by Gasteiger charge is 2.22. The van der Waals surface area contributed by atoms with Gasteiger partial charge in [-0.25, -0.2) is 0 Å². The molecule has 1 atom stereocenters. The van der Waals surface area contributed by atoms with Crippen molar-refractivity contribution in [1.82, 2.24) is 5.32 Å². The molecule has 3 heteroatoms. The Morgan fingerprint density at radius 3 is 2.75 bits per heavy atom. The summed E-state index contributed by atoms with van der Waals surface area (Å²) in [6, 6.07) is 4.80. The zero-order valence-electron chi connectivity index (χ0n) is 9.86. The van der Waals surface area contributed by atoms with E-state index in [9.17, 15) is 5.11 Å². The molecule has 3 nitrogen and oxygen atoms in total. The Hall–Kier alpha value is -0.800. The van der Waals surface area contributed by atoms with E-state index in [2.05, 4.69) is 12.2 Å². The smallest absolute Gasteiger partial charge is 0.120 e. The summed E-state index contributed by atoms with van der Waals surface area (Å²) < 4.78 is 5.44. The van der Waals surface area contributed by atoms with Crippen molar-refractivity contribution in [2.45, 2.75) is 57.2 Å². The summed E-state index contributed by atoms with van der Waals surface area (Å²) in [6.45, 7) is 2.16. The monoisotopic (exact) mass is 223 g/mol. The second-order valence-electron chi connectivity index (χ2n) is 4.65. The minimum absolute atomic E-state index is 0.0817. The lowest BCUT2D eigenvalue weighted by atomic mass is 9.92. The lowest BCUT2D eigenvalue weighted by Crippen LogP contribution is -2.36. The maximum Gasteiger partial charge on any atom is 0.120 e. The molecule has 1 aliphatic rings. The van der Waals surface area contributed by atoms with Crippen LogP contribution in [0.3, 0.4) is 0 Å². The maximum atomic E-state index is 9.46. The van der Waals surface area contributed by atoms with Gasteiger partial charge in [-0.15, -0.1) is 0 Å². The highest BCUT2D eigenvalue weighted by molar-refractivity contribution is 5.04. The van der Waals surface area contributed by atoms with Crippen molar-refractivity contribution in [1.29, 1.82) is 0 Å².